The maximum Gasteiger partial charge on any atom is 0.123 e. The number of aliphatic hydroxyl groups is 1. The number of aryl methyl sites for hydroxylation is 1. The Morgan fingerprint density at radius 3 is 2.85 bits per heavy atom. The molecule has 0 aliphatic heterocycles. The second-order valence-electron chi connectivity index (χ2n) is 4.53. The minimum absolute atomic E-state index is 0.112. The van der Waals surface area contributed by atoms with Gasteiger partial charge in [-0.1, -0.05) is 24.0 Å². The molecule has 1 aromatic carbocycles. The Labute approximate surface area is 124 Å². The topological polar surface area (TPSA) is 29.5 Å². The van der Waals surface area contributed by atoms with E-state index in [-0.39, 0.29) is 6.61 Å². The van der Waals surface area contributed by atoms with Crippen LogP contribution in [0.2, 0.25) is 0 Å². The van der Waals surface area contributed by atoms with E-state index in [2.05, 4.69) is 31.8 Å². The Morgan fingerprint density at radius 2 is 2.05 bits per heavy atom. The highest BCUT2D eigenvalue weighted by molar-refractivity contribution is 7.12. The second kappa shape index (κ2) is 7.14. The third-order valence-electron chi connectivity index (χ3n) is 3.03. The van der Waals surface area contributed by atoms with E-state index >= 15 is 0 Å². The SMILES string of the molecule is Cc1cccc(OCc2ccc(C#CCCO)s2)c1C. The van der Waals surface area contributed by atoms with Crippen LogP contribution in [0.25, 0.3) is 0 Å². The molecule has 2 rings (SSSR count). The molecular weight excluding hydrogens is 268 g/mol. The van der Waals surface area contributed by atoms with Crippen LogP contribution in [-0.4, -0.2) is 11.7 Å². The highest BCUT2D eigenvalue weighted by Crippen LogP contribution is 2.23. The average Bonchev–Trinajstić information content (AvgIpc) is 2.89. The zero-order valence-electron chi connectivity index (χ0n) is 11.8. The summed E-state index contributed by atoms with van der Waals surface area (Å²) >= 11 is 1.63. The van der Waals surface area contributed by atoms with E-state index in [0.29, 0.717) is 13.0 Å². The van der Waals surface area contributed by atoms with E-state index in [0.717, 1.165) is 15.5 Å². The zero-order valence-corrected chi connectivity index (χ0v) is 12.6. The van der Waals surface area contributed by atoms with Gasteiger partial charge in [-0.2, -0.15) is 0 Å². The summed E-state index contributed by atoms with van der Waals surface area (Å²) in [6, 6.07) is 10.1. The van der Waals surface area contributed by atoms with Crippen LogP contribution in [0.4, 0.5) is 0 Å². The predicted octanol–water partition coefficient (Wildman–Crippen LogP) is 3.68. The van der Waals surface area contributed by atoms with Crippen molar-refractivity contribution in [2.24, 2.45) is 0 Å². The van der Waals surface area contributed by atoms with Gasteiger partial charge in [0, 0.05) is 11.3 Å². The average molecular weight is 286 g/mol. The molecule has 0 atom stereocenters. The smallest absolute Gasteiger partial charge is 0.123 e. The summed E-state index contributed by atoms with van der Waals surface area (Å²) in [5, 5.41) is 8.69. The largest absolute Gasteiger partial charge is 0.488 e. The van der Waals surface area contributed by atoms with Crippen molar-refractivity contribution in [2.45, 2.75) is 26.9 Å². The Hall–Kier alpha value is -1.76. The summed E-state index contributed by atoms with van der Waals surface area (Å²) in [6.45, 7) is 4.84. The third-order valence-corrected chi connectivity index (χ3v) is 4.01. The fraction of sp³-hybridized carbons (Fsp3) is 0.294. The van der Waals surface area contributed by atoms with Crippen LogP contribution in [-0.2, 0) is 6.61 Å². The molecule has 0 bridgehead atoms. The fourth-order valence-corrected chi connectivity index (χ4v) is 2.55. The molecule has 1 N–H and O–H groups in total. The lowest BCUT2D eigenvalue weighted by atomic mass is 10.1. The Morgan fingerprint density at radius 1 is 1.20 bits per heavy atom. The molecular formula is C17H18O2S. The van der Waals surface area contributed by atoms with Crippen LogP contribution < -0.4 is 4.74 Å². The summed E-state index contributed by atoms with van der Waals surface area (Å²) in [5.41, 5.74) is 2.43. The second-order valence-corrected chi connectivity index (χ2v) is 5.70. The molecule has 0 fully saturated rings. The molecule has 0 aliphatic rings. The lowest BCUT2D eigenvalue weighted by Crippen LogP contribution is -1.95. The van der Waals surface area contributed by atoms with Gasteiger partial charge in [0.15, 0.2) is 0 Å². The minimum Gasteiger partial charge on any atom is -0.488 e. The lowest BCUT2D eigenvalue weighted by Gasteiger charge is -2.09. The quantitative estimate of drug-likeness (QED) is 0.869. The number of hydrogen-bond donors (Lipinski definition) is 1. The van der Waals surface area contributed by atoms with Gasteiger partial charge in [0.25, 0.3) is 0 Å². The molecule has 104 valence electrons. The van der Waals surface area contributed by atoms with E-state index in [1.54, 1.807) is 11.3 Å². The van der Waals surface area contributed by atoms with Crippen molar-refractivity contribution < 1.29 is 9.84 Å². The van der Waals surface area contributed by atoms with Gasteiger partial charge in [0.05, 0.1) is 11.5 Å². The first-order chi connectivity index (χ1) is 9.70. The van der Waals surface area contributed by atoms with E-state index in [1.807, 2.05) is 24.3 Å². The Kier molecular flexibility index (Phi) is 5.23. The fourth-order valence-electron chi connectivity index (χ4n) is 1.76. The van der Waals surface area contributed by atoms with Crippen molar-refractivity contribution in [3.8, 4) is 17.6 Å². The Balaban J connectivity index is 1.98. The molecule has 0 aliphatic carbocycles. The molecule has 20 heavy (non-hydrogen) atoms. The maximum absolute atomic E-state index is 8.69. The van der Waals surface area contributed by atoms with Crippen LogP contribution >= 0.6 is 11.3 Å². The van der Waals surface area contributed by atoms with Crippen molar-refractivity contribution in [1.82, 2.24) is 0 Å². The van der Waals surface area contributed by atoms with Gasteiger partial charge in [-0.15, -0.1) is 11.3 Å². The van der Waals surface area contributed by atoms with E-state index in [1.165, 1.54) is 11.1 Å². The molecule has 0 spiro atoms. The number of thiophene rings is 1. The molecule has 0 amide bonds. The van der Waals surface area contributed by atoms with Gasteiger partial charge < -0.3 is 9.84 Å². The normalized spacial score (nSPS) is 9.95. The number of hydrogen-bond acceptors (Lipinski definition) is 3. The number of benzene rings is 1. The summed E-state index contributed by atoms with van der Waals surface area (Å²) in [6.07, 6.45) is 0.520. The summed E-state index contributed by atoms with van der Waals surface area (Å²) in [5.74, 6) is 6.90. The van der Waals surface area contributed by atoms with Crippen molar-refractivity contribution in [1.29, 1.82) is 0 Å². The van der Waals surface area contributed by atoms with E-state index < -0.39 is 0 Å². The number of rotatable bonds is 4. The van der Waals surface area contributed by atoms with Crippen LogP contribution in [0.15, 0.2) is 30.3 Å². The first kappa shape index (κ1) is 14.6. The summed E-state index contributed by atoms with van der Waals surface area (Å²) in [4.78, 5) is 2.16. The summed E-state index contributed by atoms with van der Waals surface area (Å²) < 4.78 is 5.86. The predicted molar refractivity (Wildman–Crippen MR) is 83.1 cm³/mol. The van der Waals surface area contributed by atoms with Crippen molar-refractivity contribution in [3.05, 3.63) is 51.2 Å². The minimum atomic E-state index is 0.112. The standard InChI is InChI=1S/C17H18O2S/c1-13-6-5-8-17(14(13)2)19-12-16-10-9-15(20-16)7-3-4-11-18/h5-6,8-10,18H,4,11-12H2,1-2H3. The monoisotopic (exact) mass is 286 g/mol. The van der Waals surface area contributed by atoms with Crippen molar-refractivity contribution >= 4 is 11.3 Å². The van der Waals surface area contributed by atoms with Crippen molar-refractivity contribution in [3.63, 3.8) is 0 Å². The van der Waals surface area contributed by atoms with Gasteiger partial charge in [0.2, 0.25) is 0 Å². The van der Waals surface area contributed by atoms with Gasteiger partial charge in [-0.3, -0.25) is 0 Å². The number of aliphatic hydroxyl groups excluding tert-OH is 1. The van der Waals surface area contributed by atoms with Gasteiger partial charge in [0.1, 0.15) is 12.4 Å². The number of ether oxygens (including phenoxy) is 1. The highest BCUT2D eigenvalue weighted by atomic mass is 32.1. The molecule has 1 heterocycles. The molecule has 0 saturated carbocycles. The van der Waals surface area contributed by atoms with Gasteiger partial charge in [-0.05, 0) is 43.2 Å². The first-order valence-corrected chi connectivity index (χ1v) is 7.40. The maximum atomic E-state index is 8.69. The molecule has 0 unspecified atom stereocenters. The van der Waals surface area contributed by atoms with Crippen LogP contribution in [0, 0.1) is 25.7 Å². The zero-order chi connectivity index (χ0) is 14.4. The molecule has 1 aromatic heterocycles. The molecule has 0 radical (unpaired) electrons. The molecule has 3 heteroatoms. The highest BCUT2D eigenvalue weighted by Gasteiger charge is 2.03. The summed E-state index contributed by atoms with van der Waals surface area (Å²) in [7, 11) is 0. The van der Waals surface area contributed by atoms with Crippen LogP contribution in [0.5, 0.6) is 5.75 Å². The molecule has 2 aromatic rings. The third kappa shape index (κ3) is 3.86. The van der Waals surface area contributed by atoms with Gasteiger partial charge in [-0.25, -0.2) is 0 Å². The molecule has 0 saturated heterocycles. The van der Waals surface area contributed by atoms with Crippen molar-refractivity contribution in [2.75, 3.05) is 6.61 Å². The van der Waals surface area contributed by atoms with Gasteiger partial charge >= 0.3 is 0 Å². The first-order valence-electron chi connectivity index (χ1n) is 6.58. The van der Waals surface area contributed by atoms with Crippen LogP contribution in [0.3, 0.4) is 0 Å². The van der Waals surface area contributed by atoms with E-state index in [9.17, 15) is 0 Å². The van der Waals surface area contributed by atoms with Crippen LogP contribution in [0.1, 0.15) is 27.3 Å². The molecule has 2 nitrogen and oxygen atoms in total. The lowest BCUT2D eigenvalue weighted by molar-refractivity contribution is 0.305. The van der Waals surface area contributed by atoms with E-state index in [4.69, 9.17) is 9.84 Å². The Bertz CT molecular complexity index is 632.